The van der Waals surface area contributed by atoms with Crippen molar-refractivity contribution in [1.29, 1.82) is 0 Å². The molecule has 3 aromatic carbocycles. The van der Waals surface area contributed by atoms with Crippen LogP contribution in [0.1, 0.15) is 29.8 Å². The monoisotopic (exact) mass is 540 g/mol. The smallest absolute Gasteiger partial charge is 0.254 e. The molecule has 0 radical (unpaired) electrons. The van der Waals surface area contributed by atoms with Crippen LogP contribution in [0.5, 0.6) is 0 Å². The third-order valence-electron chi connectivity index (χ3n) is 7.04. The van der Waals surface area contributed by atoms with Crippen molar-refractivity contribution in [3.05, 3.63) is 89.7 Å². The lowest BCUT2D eigenvalue weighted by Gasteiger charge is -2.35. The van der Waals surface area contributed by atoms with Crippen molar-refractivity contribution >= 4 is 15.9 Å². The molecule has 4 rings (SSSR count). The van der Waals surface area contributed by atoms with Gasteiger partial charge in [-0.05, 0) is 47.9 Å². The number of nitrogens with zero attached hydrogens (tertiary/aromatic N) is 2. The van der Waals surface area contributed by atoms with Gasteiger partial charge in [-0.2, -0.15) is 4.31 Å². The van der Waals surface area contributed by atoms with Crippen LogP contribution in [-0.2, 0) is 21.4 Å². The molecule has 0 unspecified atom stereocenters. The molecule has 3 atom stereocenters. The summed E-state index contributed by atoms with van der Waals surface area (Å²) in [6.45, 7) is 3.88. The predicted molar refractivity (Wildman–Crippen MR) is 143 cm³/mol. The molecule has 0 bridgehead atoms. The van der Waals surface area contributed by atoms with Crippen LogP contribution in [0.15, 0.2) is 77.7 Å². The maximum atomic E-state index is 13.9. The minimum atomic E-state index is -3.99. The van der Waals surface area contributed by atoms with Crippen molar-refractivity contribution in [3.63, 3.8) is 0 Å². The van der Waals surface area contributed by atoms with Crippen LogP contribution in [0.2, 0.25) is 0 Å². The highest BCUT2D eigenvalue weighted by molar-refractivity contribution is 7.89. The fourth-order valence-corrected chi connectivity index (χ4v) is 5.93. The van der Waals surface area contributed by atoms with E-state index in [0.717, 1.165) is 27.1 Å². The van der Waals surface area contributed by atoms with Gasteiger partial charge in [-0.1, -0.05) is 55.5 Å². The lowest BCUT2D eigenvalue weighted by atomic mass is 9.94. The summed E-state index contributed by atoms with van der Waals surface area (Å²) in [4.78, 5) is 15.3. The summed E-state index contributed by atoms with van der Waals surface area (Å²) < 4.78 is 47.7. The van der Waals surface area contributed by atoms with E-state index in [4.69, 9.17) is 4.74 Å². The second-order valence-electron chi connectivity index (χ2n) is 9.76. The van der Waals surface area contributed by atoms with Crippen LogP contribution in [0.4, 0.5) is 4.39 Å². The number of likely N-dealkylation sites (N-methyl/N-ethyl adjacent to an activating group) is 1. The summed E-state index contributed by atoms with van der Waals surface area (Å²) in [6, 6.07) is 19.4. The molecular formula is C29H33FN2O5S. The Hall–Kier alpha value is -3.11. The van der Waals surface area contributed by atoms with Crippen molar-refractivity contribution in [1.82, 2.24) is 9.21 Å². The van der Waals surface area contributed by atoms with E-state index in [0.29, 0.717) is 5.56 Å². The van der Waals surface area contributed by atoms with E-state index >= 15 is 0 Å². The molecule has 1 amide bonds. The molecule has 0 saturated heterocycles. The second-order valence-corrected chi connectivity index (χ2v) is 11.8. The Morgan fingerprint density at radius 1 is 1.05 bits per heavy atom. The summed E-state index contributed by atoms with van der Waals surface area (Å²) in [5, 5.41) is 9.96. The summed E-state index contributed by atoms with van der Waals surface area (Å²) in [7, 11) is -2.55. The Balaban J connectivity index is 1.73. The van der Waals surface area contributed by atoms with Gasteiger partial charge in [0.1, 0.15) is 5.82 Å². The van der Waals surface area contributed by atoms with E-state index in [9.17, 15) is 22.7 Å². The zero-order valence-corrected chi connectivity index (χ0v) is 22.6. The highest BCUT2D eigenvalue weighted by atomic mass is 32.2. The number of carbonyl (C=O) groups is 1. The van der Waals surface area contributed by atoms with Crippen LogP contribution in [-0.4, -0.2) is 67.5 Å². The van der Waals surface area contributed by atoms with Crippen molar-refractivity contribution < 1.29 is 27.4 Å². The lowest BCUT2D eigenvalue weighted by Crippen LogP contribution is -2.47. The number of rotatable bonds is 6. The third kappa shape index (κ3) is 5.81. The maximum Gasteiger partial charge on any atom is 0.254 e. The Bertz CT molecular complexity index is 1400. The molecule has 0 saturated carbocycles. The molecule has 0 aliphatic carbocycles. The highest BCUT2D eigenvalue weighted by Crippen LogP contribution is 2.31. The SMILES string of the molecule is C[C@@H]1CN([C@H](C)CO)C(=O)c2ccccc2-c2ccccc2CO[C@H]1CN(C)S(=O)(=O)c1cccc(F)c1. The van der Waals surface area contributed by atoms with Gasteiger partial charge in [0.05, 0.1) is 30.3 Å². The Morgan fingerprint density at radius 3 is 2.39 bits per heavy atom. The highest BCUT2D eigenvalue weighted by Gasteiger charge is 2.32. The molecule has 9 heteroatoms. The van der Waals surface area contributed by atoms with E-state index in [-0.39, 0.29) is 43.0 Å². The van der Waals surface area contributed by atoms with Gasteiger partial charge >= 0.3 is 0 Å². The summed E-state index contributed by atoms with van der Waals surface area (Å²) in [6.07, 6.45) is -0.598. The molecular weight excluding hydrogens is 507 g/mol. The van der Waals surface area contributed by atoms with E-state index in [2.05, 4.69) is 0 Å². The zero-order chi connectivity index (χ0) is 27.4. The Kier molecular flexibility index (Phi) is 8.62. The fourth-order valence-electron chi connectivity index (χ4n) is 4.71. The molecule has 202 valence electrons. The Morgan fingerprint density at radius 2 is 1.71 bits per heavy atom. The van der Waals surface area contributed by atoms with Crippen LogP contribution in [0.25, 0.3) is 11.1 Å². The number of aliphatic hydroxyl groups is 1. The molecule has 1 aliphatic rings. The topological polar surface area (TPSA) is 87.2 Å². The van der Waals surface area contributed by atoms with Crippen LogP contribution in [0, 0.1) is 11.7 Å². The van der Waals surface area contributed by atoms with E-state index < -0.39 is 28.0 Å². The van der Waals surface area contributed by atoms with E-state index in [1.807, 2.05) is 49.4 Å². The summed E-state index contributed by atoms with van der Waals surface area (Å²) in [5.41, 5.74) is 3.01. The van der Waals surface area contributed by atoms with Gasteiger partial charge in [-0.3, -0.25) is 4.79 Å². The first-order chi connectivity index (χ1) is 18.1. The van der Waals surface area contributed by atoms with E-state index in [1.165, 1.54) is 25.2 Å². The Labute approximate surface area is 223 Å². The van der Waals surface area contributed by atoms with Crippen LogP contribution >= 0.6 is 0 Å². The normalized spacial score (nSPS) is 19.4. The number of hydrogen-bond donors (Lipinski definition) is 1. The molecule has 0 aromatic heterocycles. The molecule has 1 aliphatic heterocycles. The number of ether oxygens (including phenoxy) is 1. The molecule has 7 nitrogen and oxygen atoms in total. The van der Waals surface area contributed by atoms with E-state index in [1.54, 1.807) is 17.9 Å². The number of sulfonamides is 1. The number of hydrogen-bond acceptors (Lipinski definition) is 5. The zero-order valence-electron chi connectivity index (χ0n) is 21.7. The number of aliphatic hydroxyl groups excluding tert-OH is 1. The van der Waals surface area contributed by atoms with Crippen molar-refractivity contribution in [2.75, 3.05) is 26.7 Å². The van der Waals surface area contributed by atoms with Gasteiger partial charge in [0.25, 0.3) is 5.91 Å². The van der Waals surface area contributed by atoms with Gasteiger partial charge < -0.3 is 14.7 Å². The first kappa shape index (κ1) is 27.9. The van der Waals surface area contributed by atoms with Gasteiger partial charge in [-0.25, -0.2) is 12.8 Å². The minimum Gasteiger partial charge on any atom is -0.394 e. The van der Waals surface area contributed by atoms with Gasteiger partial charge in [0, 0.05) is 31.6 Å². The van der Waals surface area contributed by atoms with Crippen molar-refractivity contribution in [3.8, 4) is 11.1 Å². The first-order valence-corrected chi connectivity index (χ1v) is 14.0. The molecule has 0 fully saturated rings. The van der Waals surface area contributed by atoms with Gasteiger partial charge in [-0.15, -0.1) is 0 Å². The third-order valence-corrected chi connectivity index (χ3v) is 8.86. The fraction of sp³-hybridized carbons (Fsp3) is 0.345. The molecule has 38 heavy (non-hydrogen) atoms. The van der Waals surface area contributed by atoms with Gasteiger partial charge in [0.15, 0.2) is 0 Å². The van der Waals surface area contributed by atoms with Crippen LogP contribution in [0.3, 0.4) is 0 Å². The maximum absolute atomic E-state index is 13.9. The average Bonchev–Trinajstić information content (AvgIpc) is 2.94. The second kappa shape index (κ2) is 11.7. The number of halogens is 1. The van der Waals surface area contributed by atoms with Crippen molar-refractivity contribution in [2.45, 2.75) is 37.5 Å². The molecule has 3 aromatic rings. The lowest BCUT2D eigenvalue weighted by molar-refractivity contribution is -0.0146. The largest absolute Gasteiger partial charge is 0.394 e. The molecule has 1 N–H and O–H groups in total. The summed E-state index contributed by atoms with van der Waals surface area (Å²) in [5.74, 6) is -1.15. The molecule has 0 spiro atoms. The number of fused-ring (bicyclic) bond motifs is 3. The minimum absolute atomic E-state index is 0.00926. The standard InChI is InChI=1S/C29H33FN2O5S/c1-20-16-32(21(2)18-33)29(34)27-14-7-6-13-26(27)25-12-5-4-9-22(25)19-37-28(20)17-31(3)38(35,36)24-11-8-10-23(30)15-24/h4-15,20-21,28,33H,16-19H2,1-3H3/t20-,21-,28+/m1/s1. The predicted octanol–water partition coefficient (Wildman–Crippen LogP) is 4.17. The summed E-state index contributed by atoms with van der Waals surface area (Å²) >= 11 is 0. The van der Waals surface area contributed by atoms with Crippen LogP contribution < -0.4 is 0 Å². The van der Waals surface area contributed by atoms with Gasteiger partial charge in [0.2, 0.25) is 10.0 Å². The molecule has 1 heterocycles. The number of amides is 1. The average molecular weight is 541 g/mol. The number of carbonyl (C=O) groups excluding carboxylic acids is 1. The first-order valence-electron chi connectivity index (χ1n) is 12.6. The number of benzene rings is 3. The quantitative estimate of drug-likeness (QED) is 0.507. The van der Waals surface area contributed by atoms with Crippen molar-refractivity contribution in [2.24, 2.45) is 5.92 Å².